The Morgan fingerprint density at radius 1 is 0.778 bits per heavy atom. The van der Waals surface area contributed by atoms with Gasteiger partial charge in [0.2, 0.25) is 0 Å². The van der Waals surface area contributed by atoms with Gasteiger partial charge in [-0.05, 0) is 48.5 Å². The molecule has 0 radical (unpaired) electrons. The number of pyridine rings is 1. The van der Waals surface area contributed by atoms with E-state index in [1.807, 2.05) is 6.07 Å². The maximum Gasteiger partial charge on any atom is 0.338 e. The highest BCUT2D eigenvalue weighted by atomic mass is 16.5. The summed E-state index contributed by atoms with van der Waals surface area (Å²) in [4.78, 5) is 39.9. The highest BCUT2D eigenvalue weighted by Gasteiger charge is 2.12. The van der Waals surface area contributed by atoms with E-state index in [1.54, 1.807) is 48.5 Å². The molecule has 0 unspecified atom stereocenters. The molecule has 1 amide bonds. The first kappa shape index (κ1) is 18.0. The van der Waals surface area contributed by atoms with Gasteiger partial charge in [0.15, 0.2) is 12.4 Å². The number of carbonyl (C=O) groups is 3. The fourth-order valence-corrected chi connectivity index (χ4v) is 2.32. The summed E-state index contributed by atoms with van der Waals surface area (Å²) in [6.45, 7) is -0.364. The van der Waals surface area contributed by atoms with Crippen molar-refractivity contribution in [3.63, 3.8) is 0 Å². The zero-order valence-electron chi connectivity index (χ0n) is 14.3. The van der Waals surface area contributed by atoms with Crippen LogP contribution in [-0.2, 0) is 4.74 Å². The van der Waals surface area contributed by atoms with Crippen molar-refractivity contribution in [3.05, 3.63) is 95.8 Å². The molecule has 27 heavy (non-hydrogen) atoms. The Bertz CT molecular complexity index is 939. The molecular formula is C21H16N2O4. The molecule has 0 bridgehead atoms. The van der Waals surface area contributed by atoms with Gasteiger partial charge in [-0.15, -0.1) is 0 Å². The number of hydrogen-bond donors (Lipinski definition) is 1. The number of ether oxygens (including phenoxy) is 1. The van der Waals surface area contributed by atoms with Gasteiger partial charge in [0.25, 0.3) is 5.91 Å². The standard InChI is InChI=1S/C21H16N2O4/c24-19(14-27-21(26)17-10-12-22-13-11-17)15-6-8-18(9-7-15)23-20(25)16-4-2-1-3-5-16/h1-13H,14H2,(H,23,25). The van der Waals surface area contributed by atoms with Crippen molar-refractivity contribution in [1.29, 1.82) is 0 Å². The van der Waals surface area contributed by atoms with E-state index in [-0.39, 0.29) is 18.3 Å². The number of aromatic nitrogens is 1. The fraction of sp³-hybridized carbons (Fsp3) is 0.0476. The molecule has 6 nitrogen and oxygen atoms in total. The molecule has 2 aromatic carbocycles. The SMILES string of the molecule is O=C(COC(=O)c1ccncc1)c1ccc(NC(=O)c2ccccc2)cc1. The third-order valence-corrected chi connectivity index (χ3v) is 3.75. The summed E-state index contributed by atoms with van der Waals surface area (Å²) >= 11 is 0. The number of esters is 1. The Balaban J connectivity index is 1.56. The molecule has 1 N–H and O–H groups in total. The number of nitrogens with zero attached hydrogens (tertiary/aromatic N) is 1. The van der Waals surface area contributed by atoms with Crippen LogP contribution in [0.25, 0.3) is 0 Å². The Kier molecular flexibility index (Phi) is 5.69. The average Bonchev–Trinajstić information content (AvgIpc) is 2.73. The number of carbonyl (C=O) groups excluding carboxylic acids is 3. The second-order valence-electron chi connectivity index (χ2n) is 5.63. The first-order chi connectivity index (χ1) is 13.1. The molecule has 0 atom stereocenters. The average molecular weight is 360 g/mol. The lowest BCUT2D eigenvalue weighted by atomic mass is 10.1. The molecule has 0 aliphatic carbocycles. The van der Waals surface area contributed by atoms with Crippen LogP contribution in [0.15, 0.2) is 79.1 Å². The van der Waals surface area contributed by atoms with Crippen LogP contribution in [0.3, 0.4) is 0 Å². The van der Waals surface area contributed by atoms with E-state index in [4.69, 9.17) is 4.74 Å². The predicted octanol–water partition coefficient (Wildman–Crippen LogP) is 3.37. The van der Waals surface area contributed by atoms with E-state index >= 15 is 0 Å². The van der Waals surface area contributed by atoms with Crippen LogP contribution in [0.2, 0.25) is 0 Å². The molecule has 0 spiro atoms. The van der Waals surface area contributed by atoms with Crippen LogP contribution in [-0.4, -0.2) is 29.3 Å². The minimum atomic E-state index is -0.586. The Hall–Kier alpha value is -3.80. The van der Waals surface area contributed by atoms with Gasteiger partial charge in [-0.2, -0.15) is 0 Å². The second kappa shape index (κ2) is 8.53. The smallest absolute Gasteiger partial charge is 0.338 e. The molecule has 3 rings (SSSR count). The Morgan fingerprint density at radius 2 is 1.44 bits per heavy atom. The second-order valence-corrected chi connectivity index (χ2v) is 5.63. The molecule has 1 heterocycles. The van der Waals surface area contributed by atoms with Crippen molar-refractivity contribution >= 4 is 23.3 Å². The van der Waals surface area contributed by atoms with Crippen molar-refractivity contribution in [2.24, 2.45) is 0 Å². The number of benzene rings is 2. The topological polar surface area (TPSA) is 85.4 Å². The molecule has 0 fully saturated rings. The van der Waals surface area contributed by atoms with Gasteiger partial charge >= 0.3 is 5.97 Å². The number of hydrogen-bond acceptors (Lipinski definition) is 5. The Labute approximate surface area is 155 Å². The van der Waals surface area contributed by atoms with E-state index in [0.29, 0.717) is 22.4 Å². The van der Waals surface area contributed by atoms with Crippen LogP contribution in [0.1, 0.15) is 31.1 Å². The van der Waals surface area contributed by atoms with Crippen LogP contribution in [0, 0.1) is 0 Å². The van der Waals surface area contributed by atoms with Gasteiger partial charge in [-0.3, -0.25) is 14.6 Å². The molecule has 3 aromatic rings. The third-order valence-electron chi connectivity index (χ3n) is 3.75. The summed E-state index contributed by atoms with van der Waals surface area (Å²) in [5, 5.41) is 2.75. The number of rotatable bonds is 6. The maximum absolute atomic E-state index is 12.2. The Morgan fingerprint density at radius 3 is 2.11 bits per heavy atom. The van der Waals surface area contributed by atoms with Crippen LogP contribution in [0.5, 0.6) is 0 Å². The van der Waals surface area contributed by atoms with Crippen molar-refractivity contribution in [1.82, 2.24) is 4.98 Å². The van der Waals surface area contributed by atoms with Crippen molar-refractivity contribution in [3.8, 4) is 0 Å². The van der Waals surface area contributed by atoms with Gasteiger partial charge in [0, 0.05) is 29.2 Å². The van der Waals surface area contributed by atoms with E-state index in [0.717, 1.165) is 0 Å². The fourth-order valence-electron chi connectivity index (χ4n) is 2.32. The van der Waals surface area contributed by atoms with E-state index < -0.39 is 5.97 Å². The zero-order chi connectivity index (χ0) is 19.1. The highest BCUT2D eigenvalue weighted by Crippen LogP contribution is 2.12. The number of anilines is 1. The predicted molar refractivity (Wildman–Crippen MR) is 99.7 cm³/mol. The minimum absolute atomic E-state index is 0.235. The number of ketones is 1. The maximum atomic E-state index is 12.2. The number of amides is 1. The van der Waals surface area contributed by atoms with Crippen molar-refractivity contribution in [2.75, 3.05) is 11.9 Å². The number of nitrogens with one attached hydrogen (secondary N) is 1. The minimum Gasteiger partial charge on any atom is -0.454 e. The third kappa shape index (κ3) is 4.85. The van der Waals surface area contributed by atoms with Gasteiger partial charge in [-0.1, -0.05) is 18.2 Å². The van der Waals surface area contributed by atoms with Crippen molar-refractivity contribution in [2.45, 2.75) is 0 Å². The van der Waals surface area contributed by atoms with Crippen LogP contribution < -0.4 is 5.32 Å². The highest BCUT2D eigenvalue weighted by molar-refractivity contribution is 6.04. The first-order valence-corrected chi connectivity index (χ1v) is 8.20. The summed E-state index contributed by atoms with van der Waals surface area (Å²) in [5.41, 5.74) is 1.82. The van der Waals surface area contributed by atoms with E-state index in [1.165, 1.54) is 24.5 Å². The summed E-state index contributed by atoms with van der Waals surface area (Å²) in [6, 6.07) is 18.2. The van der Waals surface area contributed by atoms with E-state index in [2.05, 4.69) is 10.3 Å². The molecular weight excluding hydrogens is 344 g/mol. The summed E-state index contributed by atoms with van der Waals surface area (Å²) in [5.74, 6) is -1.16. The first-order valence-electron chi connectivity index (χ1n) is 8.20. The van der Waals surface area contributed by atoms with Crippen molar-refractivity contribution < 1.29 is 19.1 Å². The van der Waals surface area contributed by atoms with Crippen LogP contribution in [0.4, 0.5) is 5.69 Å². The normalized spacial score (nSPS) is 10.1. The van der Waals surface area contributed by atoms with Gasteiger partial charge in [0.1, 0.15) is 0 Å². The quantitative estimate of drug-likeness (QED) is 0.538. The summed E-state index contributed by atoms with van der Waals surface area (Å²) in [7, 11) is 0. The molecule has 6 heteroatoms. The lowest BCUT2D eigenvalue weighted by molar-refractivity contribution is 0.0474. The van der Waals surface area contributed by atoms with Gasteiger partial charge in [-0.25, -0.2) is 4.79 Å². The monoisotopic (exact) mass is 360 g/mol. The molecule has 0 saturated heterocycles. The van der Waals surface area contributed by atoms with Gasteiger partial charge < -0.3 is 10.1 Å². The lowest BCUT2D eigenvalue weighted by Crippen LogP contribution is -2.15. The molecule has 134 valence electrons. The zero-order valence-corrected chi connectivity index (χ0v) is 14.3. The molecule has 0 aliphatic heterocycles. The molecule has 0 saturated carbocycles. The van der Waals surface area contributed by atoms with E-state index in [9.17, 15) is 14.4 Å². The van der Waals surface area contributed by atoms with Crippen LogP contribution >= 0.6 is 0 Å². The molecule has 1 aromatic heterocycles. The summed E-state index contributed by atoms with van der Waals surface area (Å²) in [6.07, 6.45) is 2.95. The molecule has 0 aliphatic rings. The number of Topliss-reactive ketones (excluding diaryl/α,β-unsaturated/α-hetero) is 1. The summed E-state index contributed by atoms with van der Waals surface area (Å²) < 4.78 is 5.01. The van der Waals surface area contributed by atoms with Gasteiger partial charge in [0.05, 0.1) is 5.56 Å². The largest absolute Gasteiger partial charge is 0.454 e. The lowest BCUT2D eigenvalue weighted by Gasteiger charge is -2.07.